The Morgan fingerprint density at radius 3 is 2.70 bits per heavy atom. The number of aromatic hydroxyl groups is 1. The summed E-state index contributed by atoms with van der Waals surface area (Å²) in [4.78, 5) is 38.9. The molecule has 1 aliphatic heterocycles. The average molecular weight is 417 g/mol. The number of aliphatic hydroxyl groups is 1. The Hall–Kier alpha value is -3.37. The standard InChI is InChI=1S/C20H23N3O7/c1-29-8-7-23-15(24)11-22-10-13(17(25)18(26)16(22)20(23)28)19(27)21-9-12-5-3-4-6-14(12)30-2/h3-6,10,15,24,26H,7-9,11H2,1-2H3,(H,21,27). The highest BCUT2D eigenvalue weighted by atomic mass is 16.5. The van der Waals surface area contributed by atoms with Crippen LogP contribution in [0.5, 0.6) is 11.5 Å². The molecule has 3 rings (SSSR count). The fourth-order valence-corrected chi connectivity index (χ4v) is 3.29. The molecule has 10 heteroatoms. The maximum absolute atomic E-state index is 12.6. The second-order valence-corrected chi connectivity index (χ2v) is 6.69. The molecule has 0 radical (unpaired) electrons. The number of para-hydroxylation sites is 1. The van der Waals surface area contributed by atoms with E-state index in [1.807, 2.05) is 0 Å². The molecule has 0 saturated carbocycles. The van der Waals surface area contributed by atoms with Crippen LogP contribution in [0.1, 0.15) is 26.4 Å². The Balaban J connectivity index is 1.87. The van der Waals surface area contributed by atoms with Crippen LogP contribution < -0.4 is 15.5 Å². The zero-order valence-corrected chi connectivity index (χ0v) is 16.6. The number of nitrogens with zero attached hydrogens (tertiary/aromatic N) is 2. The lowest BCUT2D eigenvalue weighted by Crippen LogP contribution is -2.50. The van der Waals surface area contributed by atoms with Gasteiger partial charge in [-0.05, 0) is 6.07 Å². The van der Waals surface area contributed by atoms with Crippen LogP contribution in [0.2, 0.25) is 0 Å². The molecule has 1 atom stereocenters. The molecule has 2 amide bonds. The van der Waals surface area contributed by atoms with Gasteiger partial charge in [-0.1, -0.05) is 18.2 Å². The third-order valence-electron chi connectivity index (χ3n) is 4.85. The SMILES string of the molecule is COCCN1C(=O)c2c(O)c(=O)c(C(=O)NCc3ccccc3OC)cn2CC1O. The molecule has 0 saturated heterocycles. The number of hydrogen-bond donors (Lipinski definition) is 3. The highest BCUT2D eigenvalue weighted by molar-refractivity contribution is 5.99. The quantitative estimate of drug-likeness (QED) is 0.574. The number of aliphatic hydroxyl groups excluding tert-OH is 1. The van der Waals surface area contributed by atoms with E-state index < -0.39 is 29.2 Å². The third kappa shape index (κ3) is 4.00. The Bertz CT molecular complexity index is 1020. The number of benzene rings is 1. The third-order valence-corrected chi connectivity index (χ3v) is 4.85. The minimum atomic E-state index is -1.19. The molecule has 0 fully saturated rings. The van der Waals surface area contributed by atoms with Gasteiger partial charge in [-0.25, -0.2) is 0 Å². The fourth-order valence-electron chi connectivity index (χ4n) is 3.29. The molecule has 2 aromatic rings. The van der Waals surface area contributed by atoms with Crippen molar-refractivity contribution in [2.24, 2.45) is 0 Å². The lowest BCUT2D eigenvalue weighted by molar-refractivity contribution is -0.0206. The number of rotatable bonds is 7. The molecule has 3 N–H and O–H groups in total. The average Bonchev–Trinajstić information content (AvgIpc) is 2.74. The zero-order chi connectivity index (χ0) is 21.8. The molecule has 160 valence electrons. The molecule has 0 aliphatic carbocycles. The number of ether oxygens (including phenoxy) is 2. The maximum Gasteiger partial charge on any atom is 0.276 e. The second-order valence-electron chi connectivity index (χ2n) is 6.69. The first-order chi connectivity index (χ1) is 14.4. The highest BCUT2D eigenvalue weighted by Gasteiger charge is 2.35. The summed E-state index contributed by atoms with van der Waals surface area (Å²) in [5.41, 5.74) is -0.871. The molecular formula is C20H23N3O7. The van der Waals surface area contributed by atoms with Gasteiger partial charge in [0.25, 0.3) is 11.8 Å². The molecule has 1 aliphatic rings. The van der Waals surface area contributed by atoms with Gasteiger partial charge in [-0.15, -0.1) is 0 Å². The van der Waals surface area contributed by atoms with Crippen molar-refractivity contribution in [2.45, 2.75) is 19.3 Å². The Morgan fingerprint density at radius 1 is 1.27 bits per heavy atom. The number of carbonyl (C=O) groups is 2. The van der Waals surface area contributed by atoms with E-state index in [1.54, 1.807) is 24.3 Å². The molecule has 1 aromatic carbocycles. The van der Waals surface area contributed by atoms with Crippen LogP contribution in [0.3, 0.4) is 0 Å². The van der Waals surface area contributed by atoms with Crippen LogP contribution in [0.4, 0.5) is 0 Å². The van der Waals surface area contributed by atoms with Crippen molar-refractivity contribution in [2.75, 3.05) is 27.4 Å². The number of fused-ring (bicyclic) bond motifs is 1. The Labute approximate surface area is 172 Å². The van der Waals surface area contributed by atoms with Gasteiger partial charge < -0.3 is 34.5 Å². The summed E-state index contributed by atoms with van der Waals surface area (Å²) >= 11 is 0. The van der Waals surface area contributed by atoms with E-state index in [0.717, 1.165) is 4.90 Å². The van der Waals surface area contributed by atoms with Gasteiger partial charge in [0.2, 0.25) is 5.43 Å². The molecule has 1 unspecified atom stereocenters. The summed E-state index contributed by atoms with van der Waals surface area (Å²) in [6.07, 6.45) is -0.0180. The van der Waals surface area contributed by atoms with E-state index in [-0.39, 0.29) is 37.5 Å². The predicted octanol–water partition coefficient (Wildman–Crippen LogP) is -0.0869. The molecule has 30 heavy (non-hydrogen) atoms. The van der Waals surface area contributed by atoms with E-state index in [4.69, 9.17) is 9.47 Å². The van der Waals surface area contributed by atoms with E-state index in [9.17, 15) is 24.6 Å². The summed E-state index contributed by atoms with van der Waals surface area (Å²) in [6.45, 7) is 0.255. The van der Waals surface area contributed by atoms with Gasteiger partial charge in [0.1, 0.15) is 17.5 Å². The number of pyridine rings is 1. The number of hydrogen-bond acceptors (Lipinski definition) is 7. The van der Waals surface area contributed by atoms with Crippen molar-refractivity contribution in [3.8, 4) is 11.5 Å². The maximum atomic E-state index is 12.6. The van der Waals surface area contributed by atoms with Gasteiger partial charge in [-0.2, -0.15) is 0 Å². The van der Waals surface area contributed by atoms with E-state index in [1.165, 1.54) is 25.0 Å². The van der Waals surface area contributed by atoms with E-state index in [0.29, 0.717) is 11.3 Å². The van der Waals surface area contributed by atoms with Crippen molar-refractivity contribution in [1.29, 1.82) is 0 Å². The smallest absolute Gasteiger partial charge is 0.276 e. The van der Waals surface area contributed by atoms with Crippen molar-refractivity contribution < 1.29 is 29.3 Å². The molecular weight excluding hydrogens is 394 g/mol. The molecule has 1 aromatic heterocycles. The summed E-state index contributed by atoms with van der Waals surface area (Å²) in [5.74, 6) is -1.70. The van der Waals surface area contributed by atoms with E-state index >= 15 is 0 Å². The summed E-state index contributed by atoms with van der Waals surface area (Å²) in [6, 6.07) is 7.08. The lowest BCUT2D eigenvalue weighted by Gasteiger charge is -2.34. The van der Waals surface area contributed by atoms with Crippen LogP contribution in [-0.2, 0) is 17.8 Å². The lowest BCUT2D eigenvalue weighted by atomic mass is 10.1. The van der Waals surface area contributed by atoms with Gasteiger partial charge in [-0.3, -0.25) is 14.4 Å². The van der Waals surface area contributed by atoms with E-state index in [2.05, 4.69) is 5.32 Å². The van der Waals surface area contributed by atoms with Gasteiger partial charge in [0.05, 0.1) is 20.3 Å². The van der Waals surface area contributed by atoms with Crippen molar-refractivity contribution in [3.63, 3.8) is 0 Å². The summed E-state index contributed by atoms with van der Waals surface area (Å²) in [7, 11) is 2.96. The monoisotopic (exact) mass is 417 g/mol. The van der Waals surface area contributed by atoms with Gasteiger partial charge >= 0.3 is 0 Å². The summed E-state index contributed by atoms with van der Waals surface area (Å²) < 4.78 is 11.4. The van der Waals surface area contributed by atoms with Crippen LogP contribution in [0.15, 0.2) is 35.3 Å². The minimum Gasteiger partial charge on any atom is -0.503 e. The Morgan fingerprint density at radius 2 is 2.00 bits per heavy atom. The normalized spacial score (nSPS) is 15.6. The predicted molar refractivity (Wildman–Crippen MR) is 105 cm³/mol. The number of aromatic nitrogens is 1. The van der Waals surface area contributed by atoms with Crippen molar-refractivity contribution in [1.82, 2.24) is 14.8 Å². The minimum absolute atomic E-state index is 0.0886. The molecule has 0 spiro atoms. The van der Waals surface area contributed by atoms with Crippen molar-refractivity contribution in [3.05, 3.63) is 57.5 Å². The fraction of sp³-hybridized carbons (Fsp3) is 0.350. The topological polar surface area (TPSA) is 130 Å². The largest absolute Gasteiger partial charge is 0.503 e. The van der Waals surface area contributed by atoms with Crippen LogP contribution >= 0.6 is 0 Å². The number of carbonyl (C=O) groups excluding carboxylic acids is 2. The van der Waals surface area contributed by atoms with Crippen LogP contribution in [0.25, 0.3) is 0 Å². The first-order valence-electron chi connectivity index (χ1n) is 9.23. The first-order valence-corrected chi connectivity index (χ1v) is 9.23. The number of amides is 2. The Kier molecular flexibility index (Phi) is 6.38. The zero-order valence-electron chi connectivity index (χ0n) is 16.6. The molecule has 0 bridgehead atoms. The van der Waals surface area contributed by atoms with Gasteiger partial charge in [0, 0.05) is 32.0 Å². The molecule has 10 nitrogen and oxygen atoms in total. The highest BCUT2D eigenvalue weighted by Crippen LogP contribution is 2.23. The number of methoxy groups -OCH3 is 2. The van der Waals surface area contributed by atoms with Gasteiger partial charge in [0.15, 0.2) is 11.4 Å². The van der Waals surface area contributed by atoms with Crippen LogP contribution in [-0.4, -0.2) is 65.1 Å². The summed E-state index contributed by atoms with van der Waals surface area (Å²) in [5, 5.41) is 23.2. The van der Waals surface area contributed by atoms with Crippen LogP contribution in [0, 0.1) is 0 Å². The van der Waals surface area contributed by atoms with Crippen molar-refractivity contribution >= 4 is 11.8 Å². The number of nitrogens with one attached hydrogen (secondary N) is 1. The first kappa shape index (κ1) is 21.3. The second kappa shape index (κ2) is 8.97. The molecule has 2 heterocycles.